The molecule has 17 heavy (non-hydrogen) atoms. The molecule has 0 fully saturated rings. The molecule has 0 aliphatic rings. The van der Waals surface area contributed by atoms with Gasteiger partial charge in [0.25, 0.3) is 0 Å². The lowest BCUT2D eigenvalue weighted by atomic mass is 10.3. The van der Waals surface area contributed by atoms with Crippen molar-refractivity contribution >= 4 is 45.9 Å². The fraction of sp³-hybridized carbons (Fsp3) is 0. The molecule has 0 bridgehead atoms. The highest BCUT2D eigenvalue weighted by Crippen LogP contribution is 2.37. The topological polar surface area (TPSA) is 41.6 Å². The number of thiophene rings is 2. The smallest absolute Gasteiger partial charge is 0.183 e. The van der Waals surface area contributed by atoms with Crippen LogP contribution in [0.3, 0.4) is 0 Å². The molecule has 0 saturated carbocycles. The van der Waals surface area contributed by atoms with Crippen molar-refractivity contribution in [3.63, 3.8) is 0 Å². The molecule has 0 amide bonds. The first-order chi connectivity index (χ1) is 8.24. The maximum Gasteiger partial charge on any atom is 0.183 e. The van der Waals surface area contributed by atoms with Gasteiger partial charge in [-0.25, -0.2) is 4.98 Å². The first-order valence-corrected chi connectivity index (χ1v) is 7.11. The summed E-state index contributed by atoms with van der Waals surface area (Å²) in [6.07, 6.45) is 0. The molecule has 3 heterocycles. The molecule has 1 N–H and O–H groups in total. The summed E-state index contributed by atoms with van der Waals surface area (Å²) in [6.45, 7) is 0. The zero-order valence-electron chi connectivity index (χ0n) is 8.28. The van der Waals surface area contributed by atoms with E-state index in [-0.39, 0.29) is 0 Å². The Kier molecular flexibility index (Phi) is 2.92. The van der Waals surface area contributed by atoms with Crippen LogP contribution in [0.5, 0.6) is 0 Å². The second kappa shape index (κ2) is 4.42. The number of hydrogen-bond donors (Lipinski definition) is 1. The standard InChI is InChI=1S/C10H5Cl2N3S2/c11-7-4-5(8(12)17-7)9-13-10(15-14-9)6-2-1-3-16-6/h1-4H,(H,13,14,15). The maximum absolute atomic E-state index is 6.06. The van der Waals surface area contributed by atoms with Crippen LogP contribution < -0.4 is 0 Å². The van der Waals surface area contributed by atoms with E-state index < -0.39 is 0 Å². The Balaban J connectivity index is 2.03. The summed E-state index contributed by atoms with van der Waals surface area (Å²) in [7, 11) is 0. The van der Waals surface area contributed by atoms with E-state index in [4.69, 9.17) is 23.2 Å². The number of hydrogen-bond acceptors (Lipinski definition) is 4. The number of halogens is 2. The summed E-state index contributed by atoms with van der Waals surface area (Å²) in [5.41, 5.74) is 0.765. The molecule has 0 atom stereocenters. The number of H-pyrrole nitrogens is 1. The van der Waals surface area contributed by atoms with Crippen molar-refractivity contribution in [2.24, 2.45) is 0 Å². The lowest BCUT2D eigenvalue weighted by Gasteiger charge is -1.88. The number of nitrogens with zero attached hydrogens (tertiary/aromatic N) is 2. The van der Waals surface area contributed by atoms with Gasteiger partial charge in [0.2, 0.25) is 0 Å². The minimum absolute atomic E-state index is 0.571. The van der Waals surface area contributed by atoms with Gasteiger partial charge in [0, 0.05) is 0 Å². The van der Waals surface area contributed by atoms with Crippen molar-refractivity contribution in [1.82, 2.24) is 15.2 Å². The Morgan fingerprint density at radius 3 is 2.82 bits per heavy atom. The molecule has 0 unspecified atom stereocenters. The Morgan fingerprint density at radius 2 is 2.18 bits per heavy atom. The van der Waals surface area contributed by atoms with Crippen LogP contribution in [0.2, 0.25) is 8.67 Å². The molecule has 3 aromatic rings. The number of aromatic nitrogens is 3. The molecule has 0 radical (unpaired) electrons. The lowest BCUT2D eigenvalue weighted by molar-refractivity contribution is 1.10. The third kappa shape index (κ3) is 2.11. The minimum atomic E-state index is 0.571. The van der Waals surface area contributed by atoms with Gasteiger partial charge in [-0.15, -0.1) is 22.7 Å². The molecule has 3 nitrogen and oxygen atoms in total. The van der Waals surface area contributed by atoms with Gasteiger partial charge in [-0.3, -0.25) is 5.10 Å². The van der Waals surface area contributed by atoms with E-state index in [1.807, 2.05) is 17.5 Å². The maximum atomic E-state index is 6.06. The Labute approximate surface area is 115 Å². The SMILES string of the molecule is Clc1cc(-c2n[nH]c(-c3cccs3)n2)c(Cl)s1. The van der Waals surface area contributed by atoms with Crippen molar-refractivity contribution in [2.75, 3.05) is 0 Å². The molecular weight excluding hydrogens is 297 g/mol. The normalized spacial score (nSPS) is 10.9. The van der Waals surface area contributed by atoms with Crippen molar-refractivity contribution < 1.29 is 0 Å². The number of aromatic amines is 1. The molecule has 0 aliphatic carbocycles. The van der Waals surface area contributed by atoms with E-state index in [2.05, 4.69) is 15.2 Å². The third-order valence-corrected chi connectivity index (χ3v) is 4.50. The Bertz CT molecular complexity index is 642. The predicted octanol–water partition coefficient (Wildman–Crippen LogP) is 4.57. The van der Waals surface area contributed by atoms with Gasteiger partial charge in [-0.2, -0.15) is 5.10 Å². The van der Waals surface area contributed by atoms with Crippen molar-refractivity contribution in [3.8, 4) is 22.1 Å². The summed E-state index contributed by atoms with van der Waals surface area (Å²) in [6, 6.07) is 5.73. The second-order valence-electron chi connectivity index (χ2n) is 3.22. The summed E-state index contributed by atoms with van der Waals surface area (Å²) in [5.74, 6) is 1.31. The molecular formula is C10H5Cl2N3S2. The van der Waals surface area contributed by atoms with Gasteiger partial charge in [0.1, 0.15) is 4.34 Å². The minimum Gasteiger partial charge on any atom is -0.258 e. The summed E-state index contributed by atoms with van der Waals surface area (Å²) in [5, 5.41) is 9.04. The van der Waals surface area contributed by atoms with Gasteiger partial charge < -0.3 is 0 Å². The average molecular weight is 302 g/mol. The van der Waals surface area contributed by atoms with Crippen LogP contribution in [0.4, 0.5) is 0 Å². The highest BCUT2D eigenvalue weighted by atomic mass is 35.5. The van der Waals surface area contributed by atoms with Crippen molar-refractivity contribution in [1.29, 1.82) is 0 Å². The third-order valence-electron chi connectivity index (χ3n) is 2.14. The van der Waals surface area contributed by atoms with Crippen LogP contribution in [-0.2, 0) is 0 Å². The van der Waals surface area contributed by atoms with Crippen LogP contribution in [0, 0.1) is 0 Å². The fourth-order valence-corrected chi connectivity index (χ4v) is 3.52. The van der Waals surface area contributed by atoms with Crippen LogP contribution in [0.25, 0.3) is 22.1 Å². The van der Waals surface area contributed by atoms with E-state index >= 15 is 0 Å². The van der Waals surface area contributed by atoms with Gasteiger partial charge in [-0.1, -0.05) is 29.3 Å². The van der Waals surface area contributed by atoms with Crippen LogP contribution in [0.1, 0.15) is 0 Å². The van der Waals surface area contributed by atoms with Crippen LogP contribution in [0.15, 0.2) is 23.6 Å². The average Bonchev–Trinajstić information content (AvgIpc) is 2.97. The molecule has 86 valence electrons. The first kappa shape index (κ1) is 11.2. The monoisotopic (exact) mass is 301 g/mol. The highest BCUT2D eigenvalue weighted by molar-refractivity contribution is 7.20. The highest BCUT2D eigenvalue weighted by Gasteiger charge is 2.14. The van der Waals surface area contributed by atoms with Gasteiger partial charge in [0.15, 0.2) is 11.6 Å². The molecule has 0 spiro atoms. The van der Waals surface area contributed by atoms with E-state index in [0.29, 0.717) is 14.5 Å². The quantitative estimate of drug-likeness (QED) is 0.753. The Hall–Kier alpha value is -0.880. The largest absolute Gasteiger partial charge is 0.258 e. The molecule has 0 saturated heterocycles. The second-order valence-corrected chi connectivity index (χ2v) is 6.46. The number of nitrogens with one attached hydrogen (secondary N) is 1. The Morgan fingerprint density at radius 1 is 1.29 bits per heavy atom. The summed E-state index contributed by atoms with van der Waals surface area (Å²) in [4.78, 5) is 5.45. The molecule has 3 aromatic heterocycles. The number of rotatable bonds is 2. The fourth-order valence-electron chi connectivity index (χ4n) is 1.40. The van der Waals surface area contributed by atoms with E-state index in [9.17, 15) is 0 Å². The molecule has 0 aliphatic heterocycles. The first-order valence-electron chi connectivity index (χ1n) is 4.65. The summed E-state index contributed by atoms with van der Waals surface area (Å²) < 4.78 is 1.24. The van der Waals surface area contributed by atoms with Crippen molar-refractivity contribution in [3.05, 3.63) is 32.3 Å². The lowest BCUT2D eigenvalue weighted by Crippen LogP contribution is -1.77. The zero-order chi connectivity index (χ0) is 11.8. The molecule has 0 aromatic carbocycles. The van der Waals surface area contributed by atoms with Crippen LogP contribution >= 0.6 is 45.9 Å². The predicted molar refractivity (Wildman–Crippen MR) is 73.0 cm³/mol. The van der Waals surface area contributed by atoms with E-state index in [1.165, 1.54) is 11.3 Å². The van der Waals surface area contributed by atoms with E-state index in [0.717, 1.165) is 16.3 Å². The van der Waals surface area contributed by atoms with Gasteiger partial charge in [0.05, 0.1) is 14.8 Å². The zero-order valence-corrected chi connectivity index (χ0v) is 11.4. The molecule has 7 heteroatoms. The van der Waals surface area contributed by atoms with Crippen molar-refractivity contribution in [2.45, 2.75) is 0 Å². The van der Waals surface area contributed by atoms with Gasteiger partial charge in [-0.05, 0) is 17.5 Å². The van der Waals surface area contributed by atoms with E-state index in [1.54, 1.807) is 17.4 Å². The van der Waals surface area contributed by atoms with Gasteiger partial charge >= 0.3 is 0 Å². The summed E-state index contributed by atoms with van der Waals surface area (Å²) >= 11 is 14.9. The van der Waals surface area contributed by atoms with Crippen LogP contribution in [-0.4, -0.2) is 15.2 Å². The molecule has 3 rings (SSSR count).